The fourth-order valence-electron chi connectivity index (χ4n) is 2.79. The second kappa shape index (κ2) is 7.17. The third kappa shape index (κ3) is 3.78. The zero-order valence-electron chi connectivity index (χ0n) is 13.5. The van der Waals surface area contributed by atoms with Crippen molar-refractivity contribution in [3.63, 3.8) is 0 Å². The molecular formula is C17H17FN4O2S. The summed E-state index contributed by atoms with van der Waals surface area (Å²) >= 11 is 0. The quantitative estimate of drug-likeness (QED) is 0.837. The molecule has 0 unspecified atom stereocenters. The Labute approximate surface area is 146 Å². The van der Waals surface area contributed by atoms with Gasteiger partial charge >= 0.3 is 0 Å². The van der Waals surface area contributed by atoms with E-state index in [1.54, 1.807) is 12.3 Å². The van der Waals surface area contributed by atoms with E-state index in [0.29, 0.717) is 38.3 Å². The average Bonchev–Trinajstić information content (AvgIpc) is 2.89. The number of anilines is 1. The standard InChI is InChI=1S/C17H17FN4O2S/c18-14-2-6-17(7-3-14)25(23,24)22-9-1-8-21(10-11-22)16-5-4-15(12-19)20-13-16/h2-7,13H,1,8-11H2. The van der Waals surface area contributed by atoms with Gasteiger partial charge in [0.25, 0.3) is 0 Å². The molecular weight excluding hydrogens is 343 g/mol. The smallest absolute Gasteiger partial charge is 0.243 e. The predicted molar refractivity (Wildman–Crippen MR) is 90.9 cm³/mol. The highest BCUT2D eigenvalue weighted by Crippen LogP contribution is 2.21. The first-order chi connectivity index (χ1) is 12.0. The lowest BCUT2D eigenvalue weighted by atomic mass is 10.3. The third-order valence-corrected chi connectivity index (χ3v) is 6.05. The van der Waals surface area contributed by atoms with Crippen molar-refractivity contribution in [3.8, 4) is 6.07 Å². The van der Waals surface area contributed by atoms with Gasteiger partial charge in [0.05, 0.1) is 16.8 Å². The molecule has 0 atom stereocenters. The molecule has 3 rings (SSSR count). The zero-order valence-corrected chi connectivity index (χ0v) is 14.3. The molecule has 0 radical (unpaired) electrons. The Balaban J connectivity index is 1.74. The van der Waals surface area contributed by atoms with Crippen LogP contribution in [0.15, 0.2) is 47.5 Å². The molecule has 25 heavy (non-hydrogen) atoms. The van der Waals surface area contributed by atoms with Crippen LogP contribution >= 0.6 is 0 Å². The van der Waals surface area contributed by atoms with Gasteiger partial charge in [0.1, 0.15) is 17.6 Å². The van der Waals surface area contributed by atoms with Gasteiger partial charge in [0.2, 0.25) is 10.0 Å². The molecule has 1 saturated heterocycles. The number of nitriles is 1. The molecule has 130 valence electrons. The summed E-state index contributed by atoms with van der Waals surface area (Å²) in [5, 5.41) is 8.81. The minimum Gasteiger partial charge on any atom is -0.369 e. The summed E-state index contributed by atoms with van der Waals surface area (Å²) in [5.41, 5.74) is 1.21. The number of halogens is 1. The fraction of sp³-hybridized carbons (Fsp3) is 0.294. The zero-order chi connectivity index (χ0) is 17.9. The second-order valence-electron chi connectivity index (χ2n) is 5.71. The number of benzene rings is 1. The van der Waals surface area contributed by atoms with E-state index in [0.717, 1.165) is 17.8 Å². The Kier molecular flexibility index (Phi) is 4.97. The minimum atomic E-state index is -3.64. The molecule has 0 bridgehead atoms. The first-order valence-corrected chi connectivity index (χ1v) is 9.31. The lowest BCUT2D eigenvalue weighted by molar-refractivity contribution is 0.433. The summed E-state index contributed by atoms with van der Waals surface area (Å²) in [6.45, 7) is 1.96. The molecule has 0 spiro atoms. The van der Waals surface area contributed by atoms with Crippen LogP contribution in [-0.4, -0.2) is 43.9 Å². The van der Waals surface area contributed by atoms with Crippen molar-refractivity contribution in [2.45, 2.75) is 11.3 Å². The molecule has 0 N–H and O–H groups in total. The maximum atomic E-state index is 13.0. The van der Waals surface area contributed by atoms with Crippen LogP contribution in [0.2, 0.25) is 0 Å². The largest absolute Gasteiger partial charge is 0.369 e. The Morgan fingerprint density at radius 2 is 1.80 bits per heavy atom. The fourth-order valence-corrected chi connectivity index (χ4v) is 4.26. The van der Waals surface area contributed by atoms with Gasteiger partial charge in [-0.15, -0.1) is 0 Å². The van der Waals surface area contributed by atoms with E-state index in [9.17, 15) is 12.8 Å². The lowest BCUT2D eigenvalue weighted by Crippen LogP contribution is -2.35. The summed E-state index contributed by atoms with van der Waals surface area (Å²) < 4.78 is 39.9. The third-order valence-electron chi connectivity index (χ3n) is 4.13. The van der Waals surface area contributed by atoms with Crippen molar-refractivity contribution in [2.24, 2.45) is 0 Å². The molecule has 1 fully saturated rings. The van der Waals surface area contributed by atoms with Gasteiger partial charge in [0, 0.05) is 26.2 Å². The highest BCUT2D eigenvalue weighted by atomic mass is 32.2. The van der Waals surface area contributed by atoms with E-state index < -0.39 is 15.8 Å². The van der Waals surface area contributed by atoms with E-state index in [4.69, 9.17) is 5.26 Å². The van der Waals surface area contributed by atoms with Crippen molar-refractivity contribution in [3.05, 3.63) is 54.1 Å². The Morgan fingerprint density at radius 3 is 2.44 bits per heavy atom. The molecule has 1 aliphatic heterocycles. The van der Waals surface area contributed by atoms with Gasteiger partial charge in [-0.05, 0) is 42.8 Å². The number of hydrogen-bond donors (Lipinski definition) is 0. The van der Waals surface area contributed by atoms with Gasteiger partial charge in [-0.2, -0.15) is 9.57 Å². The maximum Gasteiger partial charge on any atom is 0.243 e. The summed E-state index contributed by atoms with van der Waals surface area (Å²) in [6.07, 6.45) is 2.29. The van der Waals surface area contributed by atoms with Crippen LogP contribution in [0.4, 0.5) is 10.1 Å². The molecule has 1 aliphatic rings. The van der Waals surface area contributed by atoms with Gasteiger partial charge in [0.15, 0.2) is 0 Å². The molecule has 2 aromatic rings. The van der Waals surface area contributed by atoms with E-state index in [1.807, 2.05) is 17.0 Å². The van der Waals surface area contributed by atoms with Crippen LogP contribution in [0.25, 0.3) is 0 Å². The summed E-state index contributed by atoms with van der Waals surface area (Å²) in [5.74, 6) is -0.464. The van der Waals surface area contributed by atoms with Crippen LogP contribution in [0.5, 0.6) is 0 Å². The summed E-state index contributed by atoms with van der Waals surface area (Å²) in [4.78, 5) is 6.21. The first-order valence-electron chi connectivity index (χ1n) is 7.87. The summed E-state index contributed by atoms with van der Waals surface area (Å²) in [6, 6.07) is 10.3. The molecule has 2 heterocycles. The number of pyridine rings is 1. The Hall–Kier alpha value is -2.50. The van der Waals surface area contributed by atoms with Crippen molar-refractivity contribution in [1.29, 1.82) is 5.26 Å². The number of hydrogen-bond acceptors (Lipinski definition) is 5. The predicted octanol–water partition coefficient (Wildman–Crippen LogP) is 1.99. The van der Waals surface area contributed by atoms with Crippen LogP contribution in [0.1, 0.15) is 12.1 Å². The lowest BCUT2D eigenvalue weighted by Gasteiger charge is -2.23. The molecule has 1 aromatic carbocycles. The number of rotatable bonds is 3. The van der Waals surface area contributed by atoms with Gasteiger partial charge < -0.3 is 4.90 Å². The molecule has 0 amide bonds. The van der Waals surface area contributed by atoms with Crippen LogP contribution in [-0.2, 0) is 10.0 Å². The number of aromatic nitrogens is 1. The molecule has 6 nitrogen and oxygen atoms in total. The van der Waals surface area contributed by atoms with Gasteiger partial charge in [-0.1, -0.05) is 0 Å². The number of nitrogens with zero attached hydrogens (tertiary/aromatic N) is 4. The SMILES string of the molecule is N#Cc1ccc(N2CCCN(S(=O)(=O)c3ccc(F)cc3)CC2)cn1. The number of sulfonamides is 1. The van der Waals surface area contributed by atoms with Crippen LogP contribution < -0.4 is 4.90 Å². The Bertz CT molecular complexity index is 876. The van der Waals surface area contributed by atoms with E-state index in [2.05, 4.69) is 4.98 Å². The Morgan fingerprint density at radius 1 is 1.04 bits per heavy atom. The molecule has 0 saturated carbocycles. The van der Waals surface area contributed by atoms with Gasteiger partial charge in [-0.3, -0.25) is 0 Å². The van der Waals surface area contributed by atoms with Crippen molar-refractivity contribution < 1.29 is 12.8 Å². The van der Waals surface area contributed by atoms with E-state index >= 15 is 0 Å². The van der Waals surface area contributed by atoms with Crippen molar-refractivity contribution >= 4 is 15.7 Å². The monoisotopic (exact) mass is 360 g/mol. The average molecular weight is 360 g/mol. The molecule has 8 heteroatoms. The summed E-state index contributed by atoms with van der Waals surface area (Å²) in [7, 11) is -3.64. The van der Waals surface area contributed by atoms with Gasteiger partial charge in [-0.25, -0.2) is 17.8 Å². The second-order valence-corrected chi connectivity index (χ2v) is 7.65. The van der Waals surface area contributed by atoms with Crippen LogP contribution in [0, 0.1) is 17.1 Å². The van der Waals surface area contributed by atoms with E-state index in [-0.39, 0.29) is 4.90 Å². The first kappa shape index (κ1) is 17.3. The highest BCUT2D eigenvalue weighted by Gasteiger charge is 2.27. The topological polar surface area (TPSA) is 77.3 Å². The van der Waals surface area contributed by atoms with Crippen molar-refractivity contribution in [2.75, 3.05) is 31.1 Å². The van der Waals surface area contributed by atoms with Crippen LogP contribution in [0.3, 0.4) is 0 Å². The molecule has 1 aromatic heterocycles. The normalized spacial score (nSPS) is 16.2. The highest BCUT2D eigenvalue weighted by molar-refractivity contribution is 7.89. The van der Waals surface area contributed by atoms with E-state index in [1.165, 1.54) is 16.4 Å². The maximum absolute atomic E-state index is 13.0. The molecule has 0 aliphatic carbocycles. The van der Waals surface area contributed by atoms with Crippen molar-refractivity contribution in [1.82, 2.24) is 9.29 Å². The minimum absolute atomic E-state index is 0.0994.